The van der Waals surface area contributed by atoms with Crippen LogP contribution in [0.25, 0.3) is 0 Å². The van der Waals surface area contributed by atoms with E-state index in [9.17, 15) is 22.8 Å². The van der Waals surface area contributed by atoms with Crippen LogP contribution >= 0.6 is 0 Å². The lowest BCUT2D eigenvalue weighted by Gasteiger charge is -2.18. The molecule has 10 nitrogen and oxygen atoms in total. The van der Waals surface area contributed by atoms with Gasteiger partial charge in [0.05, 0.1) is 30.1 Å². The highest BCUT2D eigenvalue weighted by Crippen LogP contribution is 2.35. The standard InChI is InChI=1S/C23H27F3N6O4/c1-22(5-6-22)29-21(34)36-15-8-17(35-12-15)16-9-19(31-30-16)28-20(33)13-4-7-32(11-13)14-2-3-18(27-10-14)23(24,25)26/h2-3,9-10,13,15,17H,4-8,11-12H2,1H3,(H,29,34)(H2,28,30,31,33)/t13-,15+,17+/m1/s1. The van der Waals surface area contributed by atoms with Gasteiger partial charge in [-0.25, -0.2) is 9.78 Å². The maximum Gasteiger partial charge on any atom is 0.433 e. The summed E-state index contributed by atoms with van der Waals surface area (Å²) in [6.07, 6.45) is -1.56. The van der Waals surface area contributed by atoms with E-state index in [1.165, 1.54) is 12.3 Å². The van der Waals surface area contributed by atoms with Gasteiger partial charge >= 0.3 is 12.3 Å². The molecule has 3 fully saturated rings. The van der Waals surface area contributed by atoms with Crippen LogP contribution in [-0.4, -0.2) is 58.5 Å². The number of halogens is 3. The van der Waals surface area contributed by atoms with E-state index in [0.717, 1.165) is 18.9 Å². The number of nitrogens with zero attached hydrogens (tertiary/aromatic N) is 3. The third kappa shape index (κ3) is 5.55. The number of nitrogens with one attached hydrogen (secondary N) is 3. The quantitative estimate of drug-likeness (QED) is 0.547. The fourth-order valence-electron chi connectivity index (χ4n) is 4.38. The number of carbonyl (C=O) groups is 2. The van der Waals surface area contributed by atoms with Gasteiger partial charge in [-0.15, -0.1) is 0 Å². The number of rotatable bonds is 6. The predicted octanol–water partition coefficient (Wildman–Crippen LogP) is 3.40. The lowest BCUT2D eigenvalue weighted by molar-refractivity contribution is -0.141. The fraction of sp³-hybridized carbons (Fsp3) is 0.565. The van der Waals surface area contributed by atoms with Crippen LogP contribution in [0.5, 0.6) is 0 Å². The first-order valence-corrected chi connectivity index (χ1v) is 11.8. The van der Waals surface area contributed by atoms with Gasteiger partial charge in [0, 0.05) is 31.1 Å². The first-order valence-electron chi connectivity index (χ1n) is 11.8. The molecule has 3 aliphatic rings. The molecule has 3 N–H and O–H groups in total. The highest BCUT2D eigenvalue weighted by Gasteiger charge is 2.40. The summed E-state index contributed by atoms with van der Waals surface area (Å²) in [5, 5.41) is 12.6. The Morgan fingerprint density at radius 2 is 2.11 bits per heavy atom. The number of aromatic nitrogens is 3. The number of hydrogen-bond acceptors (Lipinski definition) is 7. The largest absolute Gasteiger partial charge is 0.444 e. The number of pyridine rings is 1. The van der Waals surface area contributed by atoms with Crippen LogP contribution in [0.15, 0.2) is 24.4 Å². The molecule has 3 atom stereocenters. The Kier molecular flexibility index (Phi) is 6.27. The van der Waals surface area contributed by atoms with Gasteiger partial charge in [0.15, 0.2) is 5.82 Å². The van der Waals surface area contributed by atoms with E-state index in [4.69, 9.17) is 9.47 Å². The SMILES string of the molecule is CC1(NC(=O)O[C@@H]2CO[C@H](c3cc(NC(=O)[C@@H]4CCN(c5ccc(C(F)(F)F)nc5)C4)n[nH]3)C2)CC1. The molecule has 5 rings (SSSR count). The molecule has 2 amide bonds. The number of anilines is 2. The van der Waals surface area contributed by atoms with E-state index in [-0.39, 0.29) is 36.2 Å². The van der Waals surface area contributed by atoms with Crippen molar-refractivity contribution in [3.05, 3.63) is 35.8 Å². The predicted molar refractivity (Wildman–Crippen MR) is 121 cm³/mol. The van der Waals surface area contributed by atoms with Gasteiger partial charge in [-0.3, -0.25) is 9.89 Å². The number of ether oxygens (including phenoxy) is 2. The molecule has 0 unspecified atom stereocenters. The van der Waals surface area contributed by atoms with Crippen LogP contribution in [0.3, 0.4) is 0 Å². The molecule has 0 aromatic carbocycles. The van der Waals surface area contributed by atoms with Gasteiger partial charge in [0.2, 0.25) is 5.91 Å². The molecular formula is C23H27F3N6O4. The Morgan fingerprint density at radius 3 is 2.81 bits per heavy atom. The zero-order valence-corrected chi connectivity index (χ0v) is 19.6. The summed E-state index contributed by atoms with van der Waals surface area (Å²) >= 11 is 0. The molecule has 0 bridgehead atoms. The van der Waals surface area contributed by atoms with E-state index < -0.39 is 18.0 Å². The first kappa shape index (κ1) is 24.3. The molecule has 0 spiro atoms. The lowest BCUT2D eigenvalue weighted by atomic mass is 10.1. The molecule has 13 heteroatoms. The average molecular weight is 509 g/mol. The Hall–Kier alpha value is -3.35. The highest BCUT2D eigenvalue weighted by molar-refractivity contribution is 5.92. The van der Waals surface area contributed by atoms with Gasteiger partial charge in [0.25, 0.3) is 0 Å². The van der Waals surface area contributed by atoms with E-state index in [1.54, 1.807) is 6.07 Å². The minimum atomic E-state index is -4.49. The topological polar surface area (TPSA) is 121 Å². The summed E-state index contributed by atoms with van der Waals surface area (Å²) < 4.78 is 49.4. The van der Waals surface area contributed by atoms with Crippen LogP contribution < -0.4 is 15.5 Å². The third-order valence-electron chi connectivity index (χ3n) is 6.80. The summed E-state index contributed by atoms with van der Waals surface area (Å²) in [7, 11) is 0. The molecule has 1 saturated carbocycles. The summed E-state index contributed by atoms with van der Waals surface area (Å²) in [5.74, 6) is -0.231. The molecule has 1 aliphatic carbocycles. The number of amides is 2. The number of hydrogen-bond donors (Lipinski definition) is 3. The maximum atomic E-state index is 12.7. The average Bonchev–Trinajstić information content (AvgIpc) is 3.29. The molecule has 2 aromatic heterocycles. The highest BCUT2D eigenvalue weighted by atomic mass is 19.4. The minimum Gasteiger partial charge on any atom is -0.444 e. The second-order valence-electron chi connectivity index (χ2n) is 9.80. The molecule has 2 saturated heterocycles. The number of H-pyrrole nitrogens is 1. The molecule has 2 aliphatic heterocycles. The van der Waals surface area contributed by atoms with Gasteiger partial charge in [-0.2, -0.15) is 18.3 Å². The number of aromatic amines is 1. The van der Waals surface area contributed by atoms with Crippen molar-refractivity contribution >= 4 is 23.5 Å². The van der Waals surface area contributed by atoms with Crippen LogP contribution in [0, 0.1) is 5.92 Å². The lowest BCUT2D eigenvalue weighted by Crippen LogP contribution is -2.37. The molecular weight excluding hydrogens is 481 g/mol. The van der Waals surface area contributed by atoms with Crippen molar-refractivity contribution in [3.63, 3.8) is 0 Å². The third-order valence-corrected chi connectivity index (χ3v) is 6.80. The minimum absolute atomic E-state index is 0.155. The van der Waals surface area contributed by atoms with Crippen molar-refractivity contribution in [2.45, 2.75) is 56.5 Å². The maximum absolute atomic E-state index is 12.7. The summed E-state index contributed by atoms with van der Waals surface area (Å²) in [4.78, 5) is 30.1. The Morgan fingerprint density at radius 1 is 1.31 bits per heavy atom. The summed E-state index contributed by atoms with van der Waals surface area (Å²) in [5.41, 5.74) is 0.0940. The first-order chi connectivity index (χ1) is 17.1. The number of alkyl halides is 3. The second kappa shape index (κ2) is 9.26. The Bertz CT molecular complexity index is 1120. The molecule has 2 aromatic rings. The number of carbonyl (C=O) groups excluding carboxylic acids is 2. The normalized spacial score (nSPS) is 25.0. The van der Waals surface area contributed by atoms with Crippen molar-refractivity contribution in [1.82, 2.24) is 20.5 Å². The smallest absolute Gasteiger partial charge is 0.433 e. The van der Waals surface area contributed by atoms with Crippen LogP contribution in [-0.2, 0) is 20.4 Å². The van der Waals surface area contributed by atoms with Crippen molar-refractivity contribution < 1.29 is 32.2 Å². The molecule has 0 radical (unpaired) electrons. The van der Waals surface area contributed by atoms with Crippen LogP contribution in [0.2, 0.25) is 0 Å². The Balaban J connectivity index is 1.10. The Labute approximate surface area is 204 Å². The van der Waals surface area contributed by atoms with Crippen molar-refractivity contribution in [2.24, 2.45) is 5.92 Å². The molecule has 36 heavy (non-hydrogen) atoms. The molecule has 4 heterocycles. The van der Waals surface area contributed by atoms with E-state index >= 15 is 0 Å². The zero-order valence-electron chi connectivity index (χ0n) is 19.6. The second-order valence-corrected chi connectivity index (χ2v) is 9.80. The van der Waals surface area contributed by atoms with Gasteiger partial charge in [0.1, 0.15) is 17.9 Å². The van der Waals surface area contributed by atoms with Crippen molar-refractivity contribution in [3.8, 4) is 0 Å². The van der Waals surface area contributed by atoms with Crippen LogP contribution in [0.4, 0.5) is 29.5 Å². The zero-order chi connectivity index (χ0) is 25.5. The van der Waals surface area contributed by atoms with Gasteiger partial charge < -0.3 is 25.0 Å². The number of alkyl carbamates (subject to hydrolysis) is 1. The summed E-state index contributed by atoms with van der Waals surface area (Å²) in [6, 6.07) is 3.99. The van der Waals surface area contributed by atoms with E-state index in [0.29, 0.717) is 43.1 Å². The fourth-order valence-corrected chi connectivity index (χ4v) is 4.38. The van der Waals surface area contributed by atoms with Gasteiger partial charge in [-0.1, -0.05) is 0 Å². The summed E-state index contributed by atoms with van der Waals surface area (Å²) in [6.45, 7) is 3.13. The van der Waals surface area contributed by atoms with E-state index in [2.05, 4.69) is 25.8 Å². The monoisotopic (exact) mass is 508 g/mol. The van der Waals surface area contributed by atoms with Crippen LogP contribution in [0.1, 0.15) is 50.1 Å². The molecule has 194 valence electrons. The van der Waals surface area contributed by atoms with Crippen molar-refractivity contribution in [1.29, 1.82) is 0 Å². The van der Waals surface area contributed by atoms with Gasteiger partial charge in [-0.05, 0) is 38.3 Å². The van der Waals surface area contributed by atoms with Crippen molar-refractivity contribution in [2.75, 3.05) is 29.9 Å². The van der Waals surface area contributed by atoms with E-state index in [1.807, 2.05) is 11.8 Å².